The zero-order chi connectivity index (χ0) is 10.4. The van der Waals surface area contributed by atoms with Gasteiger partial charge in [0.15, 0.2) is 5.78 Å². The van der Waals surface area contributed by atoms with Crippen LogP contribution in [0.4, 0.5) is 0 Å². The van der Waals surface area contributed by atoms with Crippen LogP contribution in [-0.4, -0.2) is 64.7 Å². The molecule has 6 nitrogen and oxygen atoms in total. The minimum atomic E-state index is -1.74. The molecule has 13 heavy (non-hydrogen) atoms. The Morgan fingerprint density at radius 2 is 1.92 bits per heavy atom. The number of carbonyl (C=O) groups excluding carboxylic acids is 1. The van der Waals surface area contributed by atoms with Gasteiger partial charge in [0, 0.05) is 6.54 Å². The van der Waals surface area contributed by atoms with Gasteiger partial charge in [-0.05, 0) is 7.05 Å². The quantitative estimate of drug-likeness (QED) is 0.305. The lowest BCUT2D eigenvalue weighted by molar-refractivity contribution is -0.142. The lowest BCUT2D eigenvalue weighted by Gasteiger charge is -2.17. The van der Waals surface area contributed by atoms with Crippen LogP contribution in [0.1, 0.15) is 0 Å². The summed E-state index contributed by atoms with van der Waals surface area (Å²) >= 11 is 0. The van der Waals surface area contributed by atoms with E-state index in [0.717, 1.165) is 0 Å². The molecule has 0 saturated heterocycles. The largest absolute Gasteiger partial charge is 0.394 e. The SMILES string of the molecule is CNC[C@H](O)C(=O)[C@H](O)[C@H](O)CO. The second-order valence-electron chi connectivity index (χ2n) is 2.67. The van der Waals surface area contributed by atoms with Crippen LogP contribution in [0.5, 0.6) is 0 Å². The lowest BCUT2D eigenvalue weighted by Crippen LogP contribution is -2.45. The number of likely N-dealkylation sites (N-methyl/N-ethyl adjacent to an activating group) is 1. The van der Waals surface area contributed by atoms with E-state index in [1.54, 1.807) is 0 Å². The van der Waals surface area contributed by atoms with Crippen molar-refractivity contribution in [3.8, 4) is 0 Å². The summed E-state index contributed by atoms with van der Waals surface area (Å²) in [7, 11) is 1.53. The molecule has 0 saturated carbocycles. The third-order valence-corrected chi connectivity index (χ3v) is 1.57. The molecule has 0 aliphatic carbocycles. The van der Waals surface area contributed by atoms with Crippen molar-refractivity contribution in [2.75, 3.05) is 20.2 Å². The Bertz CT molecular complexity index is 163. The van der Waals surface area contributed by atoms with E-state index in [1.807, 2.05) is 0 Å². The van der Waals surface area contributed by atoms with Gasteiger partial charge >= 0.3 is 0 Å². The van der Waals surface area contributed by atoms with E-state index < -0.39 is 30.7 Å². The molecule has 0 aromatic carbocycles. The Morgan fingerprint density at radius 1 is 1.38 bits per heavy atom. The van der Waals surface area contributed by atoms with Gasteiger partial charge in [0.25, 0.3) is 0 Å². The molecular weight excluding hydrogens is 178 g/mol. The molecule has 0 unspecified atom stereocenters. The molecule has 0 bridgehead atoms. The Kier molecular flexibility index (Phi) is 5.76. The molecule has 0 fully saturated rings. The summed E-state index contributed by atoms with van der Waals surface area (Å²) in [6.07, 6.45) is -4.66. The molecule has 0 rings (SSSR count). The number of hydrogen-bond donors (Lipinski definition) is 5. The van der Waals surface area contributed by atoms with Crippen LogP contribution in [0.3, 0.4) is 0 Å². The predicted octanol–water partition coefficient (Wildman–Crippen LogP) is -3.15. The van der Waals surface area contributed by atoms with Gasteiger partial charge in [0.1, 0.15) is 18.3 Å². The second kappa shape index (κ2) is 6.01. The number of carbonyl (C=O) groups is 1. The van der Waals surface area contributed by atoms with Crippen molar-refractivity contribution in [2.45, 2.75) is 18.3 Å². The van der Waals surface area contributed by atoms with Gasteiger partial charge in [-0.25, -0.2) is 0 Å². The lowest BCUT2D eigenvalue weighted by atomic mass is 10.1. The molecular formula is C7H15NO5. The molecule has 0 radical (unpaired) electrons. The maximum Gasteiger partial charge on any atom is 0.193 e. The van der Waals surface area contributed by atoms with Gasteiger partial charge in [-0.15, -0.1) is 0 Å². The van der Waals surface area contributed by atoms with E-state index in [4.69, 9.17) is 20.4 Å². The van der Waals surface area contributed by atoms with Crippen molar-refractivity contribution in [3.63, 3.8) is 0 Å². The molecule has 0 aromatic rings. The molecule has 0 heterocycles. The van der Waals surface area contributed by atoms with Gasteiger partial charge in [-0.2, -0.15) is 0 Å². The standard InChI is InChI=1S/C7H15NO5/c1-8-2-4(10)6(12)7(13)5(11)3-9/h4-5,7-11,13H,2-3H2,1H3/t4-,5+,7+/m0/s1. The summed E-state index contributed by atoms with van der Waals surface area (Å²) in [6.45, 7) is -0.729. The number of Topliss-reactive ketones (excluding diaryl/α,β-unsaturated/α-hetero) is 1. The third kappa shape index (κ3) is 3.79. The van der Waals surface area contributed by atoms with E-state index >= 15 is 0 Å². The Labute approximate surface area is 75.8 Å². The summed E-state index contributed by atoms with van der Waals surface area (Å²) in [5.41, 5.74) is 0. The summed E-state index contributed by atoms with van der Waals surface area (Å²) < 4.78 is 0. The normalized spacial score (nSPS) is 17.9. The van der Waals surface area contributed by atoms with Crippen molar-refractivity contribution >= 4 is 5.78 Å². The van der Waals surface area contributed by atoms with Gasteiger partial charge in [0.2, 0.25) is 0 Å². The highest BCUT2D eigenvalue weighted by atomic mass is 16.4. The second-order valence-corrected chi connectivity index (χ2v) is 2.67. The fourth-order valence-corrected chi connectivity index (χ4v) is 0.781. The molecule has 6 heteroatoms. The van der Waals surface area contributed by atoms with E-state index in [1.165, 1.54) is 7.05 Å². The van der Waals surface area contributed by atoms with Crippen molar-refractivity contribution in [3.05, 3.63) is 0 Å². The van der Waals surface area contributed by atoms with Crippen LogP contribution in [0.2, 0.25) is 0 Å². The van der Waals surface area contributed by atoms with E-state index in [0.29, 0.717) is 0 Å². The highest BCUT2D eigenvalue weighted by Crippen LogP contribution is 1.98. The molecule has 0 aromatic heterocycles. The molecule has 3 atom stereocenters. The first-order valence-electron chi connectivity index (χ1n) is 3.88. The fourth-order valence-electron chi connectivity index (χ4n) is 0.781. The summed E-state index contributed by atoms with van der Waals surface area (Å²) in [5, 5.41) is 37.9. The van der Waals surface area contributed by atoms with Crippen LogP contribution in [0, 0.1) is 0 Å². The number of rotatable bonds is 6. The molecule has 78 valence electrons. The first-order valence-corrected chi connectivity index (χ1v) is 3.88. The average Bonchev–Trinajstić information content (AvgIpc) is 2.14. The molecule has 0 spiro atoms. The number of nitrogens with one attached hydrogen (secondary N) is 1. The molecule has 0 amide bonds. The number of ketones is 1. The highest BCUT2D eigenvalue weighted by molar-refractivity contribution is 5.87. The van der Waals surface area contributed by atoms with Gasteiger partial charge < -0.3 is 25.7 Å². The van der Waals surface area contributed by atoms with Crippen LogP contribution in [-0.2, 0) is 4.79 Å². The van der Waals surface area contributed by atoms with Crippen LogP contribution in [0.25, 0.3) is 0 Å². The Balaban J connectivity index is 4.08. The first-order chi connectivity index (χ1) is 6.04. The maximum absolute atomic E-state index is 11.0. The van der Waals surface area contributed by atoms with Crippen molar-refractivity contribution in [2.24, 2.45) is 0 Å². The average molecular weight is 193 g/mol. The van der Waals surface area contributed by atoms with E-state index in [9.17, 15) is 4.79 Å². The van der Waals surface area contributed by atoms with Crippen molar-refractivity contribution < 1.29 is 25.2 Å². The topological polar surface area (TPSA) is 110 Å². The highest BCUT2D eigenvalue weighted by Gasteiger charge is 2.28. The van der Waals surface area contributed by atoms with Gasteiger partial charge in [-0.3, -0.25) is 4.79 Å². The van der Waals surface area contributed by atoms with Crippen LogP contribution in [0.15, 0.2) is 0 Å². The van der Waals surface area contributed by atoms with Crippen LogP contribution < -0.4 is 5.32 Å². The van der Waals surface area contributed by atoms with E-state index in [-0.39, 0.29) is 6.54 Å². The monoisotopic (exact) mass is 193 g/mol. The zero-order valence-corrected chi connectivity index (χ0v) is 7.34. The smallest absolute Gasteiger partial charge is 0.193 e. The van der Waals surface area contributed by atoms with Crippen LogP contribution >= 0.6 is 0 Å². The summed E-state index contributed by atoms with van der Waals surface area (Å²) in [5.74, 6) is -0.907. The van der Waals surface area contributed by atoms with E-state index in [2.05, 4.69) is 5.32 Å². The minimum Gasteiger partial charge on any atom is -0.394 e. The summed E-state index contributed by atoms with van der Waals surface area (Å²) in [4.78, 5) is 11.0. The fraction of sp³-hybridized carbons (Fsp3) is 0.857. The summed E-state index contributed by atoms with van der Waals surface area (Å²) in [6, 6.07) is 0. The molecule has 0 aliphatic heterocycles. The Morgan fingerprint density at radius 3 is 2.31 bits per heavy atom. The number of aliphatic hydroxyl groups is 4. The molecule has 5 N–H and O–H groups in total. The predicted molar refractivity (Wildman–Crippen MR) is 44.0 cm³/mol. The van der Waals surface area contributed by atoms with Crippen molar-refractivity contribution in [1.82, 2.24) is 5.32 Å². The zero-order valence-electron chi connectivity index (χ0n) is 7.34. The third-order valence-electron chi connectivity index (χ3n) is 1.57. The Hall–Kier alpha value is -0.530. The minimum absolute atomic E-state index is 0.00591. The molecule has 0 aliphatic rings. The van der Waals surface area contributed by atoms with Crippen molar-refractivity contribution in [1.29, 1.82) is 0 Å². The van der Waals surface area contributed by atoms with Gasteiger partial charge in [0.05, 0.1) is 6.61 Å². The van der Waals surface area contributed by atoms with Gasteiger partial charge in [-0.1, -0.05) is 0 Å². The number of aliphatic hydroxyl groups excluding tert-OH is 4. The maximum atomic E-state index is 11.0. The number of hydrogen-bond acceptors (Lipinski definition) is 6. The first kappa shape index (κ1) is 12.5.